The van der Waals surface area contributed by atoms with Crippen LogP contribution in [0.1, 0.15) is 41.3 Å². The second-order valence-electron chi connectivity index (χ2n) is 10.8. The molecule has 47 heavy (non-hydrogen) atoms. The van der Waals surface area contributed by atoms with Crippen LogP contribution in [0.5, 0.6) is 11.5 Å². The molecule has 0 aliphatic carbocycles. The summed E-state index contributed by atoms with van der Waals surface area (Å²) in [5, 5.41) is 8.85. The van der Waals surface area contributed by atoms with Crippen LogP contribution in [0, 0.1) is 18.3 Å². The molecule has 1 unspecified atom stereocenters. The van der Waals surface area contributed by atoms with Crippen LogP contribution in [0.25, 0.3) is 0 Å². The highest BCUT2D eigenvalue weighted by Crippen LogP contribution is 2.44. The molecule has 1 N–H and O–H groups in total. The van der Waals surface area contributed by atoms with Crippen LogP contribution in [0.2, 0.25) is 0 Å². The first-order valence-corrected chi connectivity index (χ1v) is 16.0. The number of hydrogen-bond donors (Lipinski definition) is 1. The van der Waals surface area contributed by atoms with Gasteiger partial charge in [0.2, 0.25) is 0 Å². The molecule has 1 aliphatic rings. The number of methoxy groups -OCH3 is 2. The lowest BCUT2D eigenvalue weighted by molar-refractivity contribution is -0.0920. The van der Waals surface area contributed by atoms with Crippen molar-refractivity contribution < 1.29 is 32.6 Å². The summed E-state index contributed by atoms with van der Waals surface area (Å²) in [4.78, 5) is 27.1. The maximum absolute atomic E-state index is 12.8. The number of aryl methyl sites for hydroxylation is 1. The van der Waals surface area contributed by atoms with Gasteiger partial charge in [-0.1, -0.05) is 54.6 Å². The fraction of sp³-hybridized carbons (Fsp3) is 0.324. The predicted octanol–water partition coefficient (Wildman–Crippen LogP) is 5.13. The number of nitrogens with zero attached hydrogens (tertiary/aromatic N) is 2. The topological polar surface area (TPSA) is 151 Å². The highest BCUT2D eigenvalue weighted by molar-refractivity contribution is 7.33. The number of rotatable bonds is 14. The van der Waals surface area contributed by atoms with Crippen LogP contribution >= 0.6 is 8.25 Å². The molecule has 3 aromatic carbocycles. The Morgan fingerprint density at radius 2 is 1.55 bits per heavy atom. The molecule has 4 aromatic rings. The summed E-state index contributed by atoms with van der Waals surface area (Å²) < 4.78 is 49.3. The van der Waals surface area contributed by atoms with E-state index in [1.807, 2.05) is 84.9 Å². The Labute approximate surface area is 272 Å². The summed E-state index contributed by atoms with van der Waals surface area (Å²) in [6.07, 6.45) is -0.991. The number of aromatic amines is 1. The van der Waals surface area contributed by atoms with E-state index in [0.717, 1.165) is 16.7 Å². The Morgan fingerprint density at radius 1 is 0.957 bits per heavy atom. The summed E-state index contributed by atoms with van der Waals surface area (Å²) in [6.45, 7) is 1.43. The van der Waals surface area contributed by atoms with Crippen molar-refractivity contribution in [3.63, 3.8) is 0 Å². The van der Waals surface area contributed by atoms with Gasteiger partial charge in [-0.05, 0) is 47.9 Å². The number of nitriles is 1. The summed E-state index contributed by atoms with van der Waals surface area (Å²) in [6, 6.07) is 26.7. The third-order valence-corrected chi connectivity index (χ3v) is 8.74. The van der Waals surface area contributed by atoms with E-state index in [1.54, 1.807) is 21.1 Å². The molecule has 0 bridgehead atoms. The average molecular weight is 661 g/mol. The Hall–Kier alpha value is -4.63. The van der Waals surface area contributed by atoms with Crippen molar-refractivity contribution >= 4 is 8.25 Å². The quantitative estimate of drug-likeness (QED) is 0.110. The third kappa shape index (κ3) is 7.52. The van der Waals surface area contributed by atoms with E-state index in [4.69, 9.17) is 33.3 Å². The van der Waals surface area contributed by atoms with Crippen molar-refractivity contribution in [1.82, 2.24) is 9.55 Å². The van der Waals surface area contributed by atoms with Gasteiger partial charge in [-0.15, -0.1) is 9.05 Å². The first-order valence-electron chi connectivity index (χ1n) is 14.9. The maximum atomic E-state index is 12.8. The molecule has 1 saturated heterocycles. The standard InChI is InChI=1S/C34H34N3O9P/c1-23-21-37(33(39)36-32(23)38)31-20-29(46-47(40)44-19-7-18-35)30(45-31)22-43-34(24-8-5-4-6-9-24,25-10-14-27(41-2)15-11-25)26-12-16-28(42-3)17-13-26/h4-6,8-17,21,29-31H,7,19-20,22H2,1-3H3/p+1/t29-,30+,31+/m0/s1. The van der Waals surface area contributed by atoms with Crippen LogP contribution in [-0.2, 0) is 28.7 Å². The van der Waals surface area contributed by atoms with Crippen LogP contribution in [0.3, 0.4) is 0 Å². The molecule has 1 aliphatic heterocycles. The van der Waals surface area contributed by atoms with E-state index in [9.17, 15) is 14.2 Å². The highest BCUT2D eigenvalue weighted by Gasteiger charge is 2.46. The molecule has 0 saturated carbocycles. The first-order chi connectivity index (χ1) is 22.8. The van der Waals surface area contributed by atoms with Gasteiger partial charge in [0.1, 0.15) is 42.1 Å². The minimum atomic E-state index is -2.63. The largest absolute Gasteiger partial charge is 0.697 e. The third-order valence-electron chi connectivity index (χ3n) is 7.91. The summed E-state index contributed by atoms with van der Waals surface area (Å²) in [7, 11) is 0.561. The van der Waals surface area contributed by atoms with Gasteiger partial charge in [0.05, 0.1) is 33.3 Å². The highest BCUT2D eigenvalue weighted by atomic mass is 31.1. The van der Waals surface area contributed by atoms with Crippen molar-refractivity contribution in [2.75, 3.05) is 27.4 Å². The summed E-state index contributed by atoms with van der Waals surface area (Å²) in [5.74, 6) is 1.34. The van der Waals surface area contributed by atoms with E-state index in [2.05, 4.69) is 4.98 Å². The minimum Gasteiger partial charge on any atom is -0.497 e. The lowest BCUT2D eigenvalue weighted by atomic mass is 9.80. The minimum absolute atomic E-state index is 0.0378. The monoisotopic (exact) mass is 660 g/mol. The second-order valence-corrected chi connectivity index (χ2v) is 11.7. The van der Waals surface area contributed by atoms with Crippen LogP contribution in [-0.4, -0.2) is 49.2 Å². The van der Waals surface area contributed by atoms with Gasteiger partial charge in [0, 0.05) is 22.7 Å². The molecule has 12 nitrogen and oxygen atoms in total. The van der Waals surface area contributed by atoms with E-state index in [-0.39, 0.29) is 26.1 Å². The number of aromatic nitrogens is 2. The second kappa shape index (κ2) is 15.3. The normalized spacial score (nSPS) is 18.0. The van der Waals surface area contributed by atoms with Gasteiger partial charge in [-0.25, -0.2) is 4.79 Å². The lowest BCUT2D eigenvalue weighted by Crippen LogP contribution is -2.38. The number of hydrogen-bond acceptors (Lipinski definition) is 10. The zero-order valence-electron chi connectivity index (χ0n) is 26.2. The number of benzene rings is 3. The molecule has 4 atom stereocenters. The molecule has 5 rings (SSSR count). The molecule has 1 fully saturated rings. The Kier molecular flexibility index (Phi) is 11.0. The SMILES string of the molecule is COc1ccc(C(OC[C@H]2O[C@@H](n3cc(C)c(=O)[nH]c3=O)C[C@@H]2O[P+](=O)OCCC#N)(c2ccccc2)c2ccc(OC)cc2)cc1. The van der Waals surface area contributed by atoms with Crippen molar-refractivity contribution in [2.24, 2.45) is 0 Å². The summed E-state index contributed by atoms with van der Waals surface area (Å²) >= 11 is 0. The first kappa shape index (κ1) is 33.7. The fourth-order valence-corrected chi connectivity index (χ4v) is 6.26. The van der Waals surface area contributed by atoms with Gasteiger partial charge in [0.25, 0.3) is 5.56 Å². The molecule has 1 aromatic heterocycles. The molecule has 0 amide bonds. The maximum Gasteiger partial charge on any atom is 0.697 e. The van der Waals surface area contributed by atoms with Crippen LogP contribution in [0.4, 0.5) is 0 Å². The van der Waals surface area contributed by atoms with Gasteiger partial charge in [-0.3, -0.25) is 14.3 Å². The molecule has 13 heteroatoms. The number of nitrogens with one attached hydrogen (secondary N) is 1. The van der Waals surface area contributed by atoms with E-state index < -0.39 is 43.5 Å². The molecule has 0 spiro atoms. The molecule has 2 heterocycles. The number of ether oxygens (including phenoxy) is 4. The van der Waals surface area contributed by atoms with E-state index in [1.165, 1.54) is 10.8 Å². The van der Waals surface area contributed by atoms with Gasteiger partial charge in [-0.2, -0.15) is 5.26 Å². The predicted molar refractivity (Wildman–Crippen MR) is 172 cm³/mol. The Bertz CT molecular complexity index is 1770. The van der Waals surface area contributed by atoms with E-state index >= 15 is 0 Å². The van der Waals surface area contributed by atoms with Crippen molar-refractivity contribution in [3.8, 4) is 17.6 Å². The van der Waals surface area contributed by atoms with Crippen molar-refractivity contribution in [1.29, 1.82) is 5.26 Å². The van der Waals surface area contributed by atoms with Gasteiger partial charge >= 0.3 is 13.9 Å². The van der Waals surface area contributed by atoms with E-state index in [0.29, 0.717) is 17.1 Å². The molecule has 0 radical (unpaired) electrons. The molecular weight excluding hydrogens is 625 g/mol. The smallest absolute Gasteiger partial charge is 0.497 e. The van der Waals surface area contributed by atoms with Crippen molar-refractivity contribution in [3.05, 3.63) is 128 Å². The summed E-state index contributed by atoms with van der Waals surface area (Å²) in [5.41, 5.74) is 0.385. The van der Waals surface area contributed by atoms with Gasteiger partial charge < -0.3 is 18.9 Å². The van der Waals surface area contributed by atoms with Gasteiger partial charge in [0.15, 0.2) is 0 Å². The molecular formula is C34H35N3O9P+. The Balaban J connectivity index is 1.55. The lowest BCUT2D eigenvalue weighted by Gasteiger charge is -2.37. The fourth-order valence-electron chi connectivity index (χ4n) is 5.52. The average Bonchev–Trinajstić information content (AvgIpc) is 3.49. The van der Waals surface area contributed by atoms with Crippen LogP contribution < -0.4 is 20.7 Å². The van der Waals surface area contributed by atoms with Crippen LogP contribution in [0.15, 0.2) is 94.6 Å². The zero-order chi connectivity index (χ0) is 33.4. The Morgan fingerprint density at radius 3 is 2.13 bits per heavy atom. The zero-order valence-corrected chi connectivity index (χ0v) is 27.1. The van der Waals surface area contributed by atoms with Crippen molar-refractivity contribution in [2.45, 2.75) is 43.8 Å². The molecule has 244 valence electrons. The number of H-pyrrole nitrogens is 1.